The summed E-state index contributed by atoms with van der Waals surface area (Å²) in [4.78, 5) is 6.84. The molecule has 2 aliphatic heterocycles. The number of hydrogen-bond acceptors (Lipinski definition) is 4. The van der Waals surface area contributed by atoms with Gasteiger partial charge in [0, 0.05) is 18.4 Å². The van der Waals surface area contributed by atoms with Crippen LogP contribution in [0, 0.1) is 5.41 Å². The Morgan fingerprint density at radius 3 is 2.87 bits per heavy atom. The van der Waals surface area contributed by atoms with Crippen LogP contribution < -0.4 is 0 Å². The first kappa shape index (κ1) is 15.6. The van der Waals surface area contributed by atoms with E-state index < -0.39 is 0 Å². The fourth-order valence-electron chi connectivity index (χ4n) is 4.26. The lowest BCUT2D eigenvalue weighted by Crippen LogP contribution is -2.48. The molecule has 0 bridgehead atoms. The average Bonchev–Trinajstić information content (AvgIpc) is 2.92. The van der Waals surface area contributed by atoms with Crippen molar-refractivity contribution in [3.8, 4) is 0 Å². The van der Waals surface area contributed by atoms with E-state index in [4.69, 9.17) is 9.47 Å². The van der Waals surface area contributed by atoms with Crippen molar-refractivity contribution >= 4 is 0 Å². The molecule has 1 atom stereocenters. The van der Waals surface area contributed by atoms with Gasteiger partial charge >= 0.3 is 0 Å². The van der Waals surface area contributed by atoms with Gasteiger partial charge in [-0.3, -0.25) is 4.98 Å². The minimum Gasteiger partial charge on any atom is -0.375 e. The van der Waals surface area contributed by atoms with Crippen LogP contribution in [0.5, 0.6) is 0 Å². The molecule has 0 aromatic carbocycles. The first-order chi connectivity index (χ1) is 11.3. The van der Waals surface area contributed by atoms with Gasteiger partial charge in [-0.15, -0.1) is 0 Å². The van der Waals surface area contributed by atoms with Crippen LogP contribution in [-0.2, 0) is 16.1 Å². The summed E-state index contributed by atoms with van der Waals surface area (Å²) in [7, 11) is 0. The van der Waals surface area contributed by atoms with E-state index in [1.165, 1.54) is 51.6 Å². The molecule has 0 N–H and O–H groups in total. The number of rotatable bonds is 5. The standard InChI is InChI=1S/C19H28N2O2/c1-4-17(5-1)21-9-6-19(7-10-21)11-18(23-15-19)14-22-13-16-3-2-8-20-12-16/h2-3,8,12,17-18H,1,4-7,9-11,13-15H2/t18-/m1/s1. The smallest absolute Gasteiger partial charge is 0.0815 e. The number of piperidine rings is 1. The molecule has 126 valence electrons. The Morgan fingerprint density at radius 1 is 1.30 bits per heavy atom. The van der Waals surface area contributed by atoms with Gasteiger partial charge in [0.25, 0.3) is 0 Å². The van der Waals surface area contributed by atoms with Crippen molar-refractivity contribution in [2.75, 3.05) is 26.3 Å². The summed E-state index contributed by atoms with van der Waals surface area (Å²) in [6, 6.07) is 4.91. The molecular weight excluding hydrogens is 288 g/mol. The number of ether oxygens (including phenoxy) is 2. The van der Waals surface area contributed by atoms with Gasteiger partial charge in [-0.05, 0) is 62.2 Å². The molecule has 1 aromatic rings. The SMILES string of the molecule is c1cncc(COC[C@H]2CC3(CCN(C4CCC4)CC3)CO2)c1. The molecular formula is C19H28N2O2. The van der Waals surface area contributed by atoms with Crippen molar-refractivity contribution in [2.24, 2.45) is 5.41 Å². The van der Waals surface area contributed by atoms with Gasteiger partial charge in [0.1, 0.15) is 0 Å². The van der Waals surface area contributed by atoms with E-state index in [0.29, 0.717) is 18.6 Å². The van der Waals surface area contributed by atoms with Crippen LogP contribution in [-0.4, -0.2) is 48.3 Å². The van der Waals surface area contributed by atoms with Gasteiger partial charge in [0.05, 0.1) is 25.9 Å². The van der Waals surface area contributed by atoms with E-state index in [1.54, 1.807) is 6.20 Å². The minimum atomic E-state index is 0.280. The molecule has 1 aliphatic carbocycles. The molecule has 1 aromatic heterocycles. The molecule has 3 fully saturated rings. The second-order valence-corrected chi connectivity index (χ2v) is 7.63. The van der Waals surface area contributed by atoms with Crippen molar-refractivity contribution in [3.05, 3.63) is 30.1 Å². The zero-order chi connectivity index (χ0) is 15.5. The fraction of sp³-hybridized carbons (Fsp3) is 0.737. The highest BCUT2D eigenvalue weighted by Crippen LogP contribution is 2.43. The van der Waals surface area contributed by atoms with E-state index in [-0.39, 0.29) is 6.10 Å². The molecule has 3 heterocycles. The summed E-state index contributed by atoms with van der Waals surface area (Å²) >= 11 is 0. The maximum absolute atomic E-state index is 6.06. The van der Waals surface area contributed by atoms with Crippen molar-refractivity contribution < 1.29 is 9.47 Å². The third-order valence-electron chi connectivity index (χ3n) is 6.03. The summed E-state index contributed by atoms with van der Waals surface area (Å²) in [5.41, 5.74) is 1.57. The number of pyridine rings is 1. The van der Waals surface area contributed by atoms with E-state index >= 15 is 0 Å². The zero-order valence-corrected chi connectivity index (χ0v) is 14.0. The molecule has 4 heteroatoms. The van der Waals surface area contributed by atoms with Crippen molar-refractivity contribution in [3.63, 3.8) is 0 Å². The predicted octanol–water partition coefficient (Wildman–Crippen LogP) is 3.02. The molecule has 1 spiro atoms. The van der Waals surface area contributed by atoms with Crippen molar-refractivity contribution in [2.45, 2.75) is 57.3 Å². The zero-order valence-electron chi connectivity index (χ0n) is 14.0. The molecule has 0 radical (unpaired) electrons. The highest BCUT2D eigenvalue weighted by molar-refractivity contribution is 5.06. The van der Waals surface area contributed by atoms with Gasteiger partial charge < -0.3 is 14.4 Å². The molecule has 3 aliphatic rings. The first-order valence-electron chi connectivity index (χ1n) is 9.15. The van der Waals surface area contributed by atoms with E-state index in [0.717, 1.165) is 18.2 Å². The van der Waals surface area contributed by atoms with Crippen LogP contribution in [0.4, 0.5) is 0 Å². The van der Waals surface area contributed by atoms with Crippen molar-refractivity contribution in [1.82, 2.24) is 9.88 Å². The quantitative estimate of drug-likeness (QED) is 0.836. The van der Waals surface area contributed by atoms with Gasteiger partial charge in [0.15, 0.2) is 0 Å². The molecule has 2 saturated heterocycles. The van der Waals surface area contributed by atoms with Gasteiger partial charge in [-0.1, -0.05) is 12.5 Å². The molecule has 4 rings (SSSR count). The number of hydrogen-bond donors (Lipinski definition) is 0. The van der Waals surface area contributed by atoms with E-state index in [1.807, 2.05) is 12.3 Å². The van der Waals surface area contributed by atoms with Gasteiger partial charge in [-0.25, -0.2) is 0 Å². The first-order valence-corrected chi connectivity index (χ1v) is 9.15. The maximum Gasteiger partial charge on any atom is 0.0815 e. The topological polar surface area (TPSA) is 34.6 Å². The summed E-state index contributed by atoms with van der Waals surface area (Å²) in [5.74, 6) is 0. The summed E-state index contributed by atoms with van der Waals surface area (Å²) in [5, 5.41) is 0. The Kier molecular flexibility index (Phi) is 4.65. The second kappa shape index (κ2) is 6.88. The normalized spacial score (nSPS) is 28.1. The Labute approximate surface area is 139 Å². The van der Waals surface area contributed by atoms with Crippen LogP contribution in [0.15, 0.2) is 24.5 Å². The number of likely N-dealkylation sites (tertiary alicyclic amines) is 1. The Bertz CT molecular complexity index is 495. The van der Waals surface area contributed by atoms with Crippen LogP contribution in [0.1, 0.15) is 44.1 Å². The van der Waals surface area contributed by atoms with Crippen LogP contribution in [0.3, 0.4) is 0 Å². The maximum atomic E-state index is 6.06. The molecule has 1 saturated carbocycles. The van der Waals surface area contributed by atoms with E-state index in [9.17, 15) is 0 Å². The Balaban J connectivity index is 1.20. The fourth-order valence-corrected chi connectivity index (χ4v) is 4.26. The lowest BCUT2D eigenvalue weighted by Gasteiger charge is -2.45. The van der Waals surface area contributed by atoms with Gasteiger partial charge in [0.2, 0.25) is 0 Å². The summed E-state index contributed by atoms with van der Waals surface area (Å²) in [6.07, 6.45) is 12.0. The lowest BCUT2D eigenvalue weighted by atomic mass is 9.75. The Hall–Kier alpha value is -0.970. The predicted molar refractivity (Wildman–Crippen MR) is 89.1 cm³/mol. The molecule has 0 unspecified atom stereocenters. The second-order valence-electron chi connectivity index (χ2n) is 7.63. The third-order valence-corrected chi connectivity index (χ3v) is 6.03. The lowest BCUT2D eigenvalue weighted by molar-refractivity contribution is 0.00372. The molecule has 0 amide bonds. The monoisotopic (exact) mass is 316 g/mol. The van der Waals surface area contributed by atoms with Gasteiger partial charge in [-0.2, -0.15) is 0 Å². The van der Waals surface area contributed by atoms with Crippen LogP contribution in [0.25, 0.3) is 0 Å². The Morgan fingerprint density at radius 2 is 2.17 bits per heavy atom. The average molecular weight is 316 g/mol. The molecule has 4 nitrogen and oxygen atoms in total. The molecule has 23 heavy (non-hydrogen) atoms. The highest BCUT2D eigenvalue weighted by Gasteiger charge is 2.43. The highest BCUT2D eigenvalue weighted by atomic mass is 16.5. The number of aromatic nitrogens is 1. The third kappa shape index (κ3) is 3.59. The number of nitrogens with zero attached hydrogens (tertiary/aromatic N) is 2. The van der Waals surface area contributed by atoms with Crippen molar-refractivity contribution in [1.29, 1.82) is 0 Å². The van der Waals surface area contributed by atoms with Crippen LogP contribution in [0.2, 0.25) is 0 Å². The summed E-state index contributed by atoms with van der Waals surface area (Å²) in [6.45, 7) is 4.83. The minimum absolute atomic E-state index is 0.280. The van der Waals surface area contributed by atoms with E-state index in [2.05, 4.69) is 16.0 Å². The largest absolute Gasteiger partial charge is 0.375 e. The van der Waals surface area contributed by atoms with Crippen LogP contribution >= 0.6 is 0 Å². The summed E-state index contributed by atoms with van der Waals surface area (Å²) < 4.78 is 11.9.